The molecule has 0 N–H and O–H groups in total. The van der Waals surface area contributed by atoms with Gasteiger partial charge in [0, 0.05) is 6.42 Å². The fourth-order valence-electron chi connectivity index (χ4n) is 2.29. The summed E-state index contributed by atoms with van der Waals surface area (Å²) in [5.74, 6) is 0. The summed E-state index contributed by atoms with van der Waals surface area (Å²) >= 11 is 0. The molecule has 0 aromatic carbocycles. The molecule has 0 aromatic rings. The zero-order chi connectivity index (χ0) is 14.4. The van der Waals surface area contributed by atoms with E-state index in [1.807, 2.05) is 0 Å². The second-order valence-corrected chi connectivity index (χ2v) is 6.40. The van der Waals surface area contributed by atoms with Crippen molar-refractivity contribution in [1.82, 2.24) is 0 Å². The number of rotatable bonds is 14. The molecule has 0 fully saturated rings. The van der Waals surface area contributed by atoms with Crippen molar-refractivity contribution >= 4 is 6.29 Å². The second-order valence-electron chi connectivity index (χ2n) is 6.40. The Balaban J connectivity index is 3.34. The number of aldehydes is 1. The van der Waals surface area contributed by atoms with Crippen molar-refractivity contribution in [1.29, 1.82) is 0 Å². The molecule has 2 heteroatoms. The molecule has 0 saturated heterocycles. The van der Waals surface area contributed by atoms with Crippen molar-refractivity contribution in [3.63, 3.8) is 0 Å². The maximum Gasteiger partial charge on any atom is 0.122 e. The maximum absolute atomic E-state index is 10.2. The van der Waals surface area contributed by atoms with Gasteiger partial charge in [-0.1, -0.05) is 72.1 Å². The first-order valence-electron chi connectivity index (χ1n) is 8.14. The van der Waals surface area contributed by atoms with Crippen LogP contribution in [0.1, 0.15) is 85.0 Å². The largest absolute Gasteiger partial charge is 0.380 e. The molecule has 0 rings (SSSR count). The number of carbonyl (C=O) groups excluding carboxylic acids is 1. The molecule has 0 unspecified atom stereocenters. The van der Waals surface area contributed by atoms with E-state index in [-0.39, 0.29) is 5.41 Å². The summed E-state index contributed by atoms with van der Waals surface area (Å²) in [5.41, 5.74) is 0.255. The van der Waals surface area contributed by atoms with Crippen LogP contribution in [-0.4, -0.2) is 19.5 Å². The van der Waals surface area contributed by atoms with Crippen LogP contribution in [0.3, 0.4) is 0 Å². The minimum absolute atomic E-state index is 0.255. The Labute approximate surface area is 120 Å². The minimum Gasteiger partial charge on any atom is -0.380 e. The van der Waals surface area contributed by atoms with Crippen LogP contribution < -0.4 is 0 Å². The fraction of sp³-hybridized carbons (Fsp3) is 0.941. The molecule has 0 aliphatic carbocycles. The van der Waals surface area contributed by atoms with Gasteiger partial charge in [0.25, 0.3) is 0 Å². The third-order valence-corrected chi connectivity index (χ3v) is 3.58. The molecule has 19 heavy (non-hydrogen) atoms. The number of carbonyl (C=O) groups is 1. The summed E-state index contributed by atoms with van der Waals surface area (Å²) in [6.45, 7) is 8.13. The molecule has 0 radical (unpaired) electrons. The summed E-state index contributed by atoms with van der Waals surface area (Å²) in [6, 6.07) is 0. The lowest BCUT2D eigenvalue weighted by Gasteiger charge is -2.24. The van der Waals surface area contributed by atoms with Gasteiger partial charge in [-0.15, -0.1) is 0 Å². The number of unbranched alkanes of at least 4 members (excludes halogenated alkanes) is 7. The average molecular weight is 270 g/mol. The van der Waals surface area contributed by atoms with Gasteiger partial charge in [-0.2, -0.15) is 0 Å². The van der Waals surface area contributed by atoms with E-state index in [2.05, 4.69) is 20.8 Å². The van der Waals surface area contributed by atoms with E-state index in [1.54, 1.807) is 0 Å². The SMILES string of the molecule is CCCCCCCCCCC(C)(C)COCCC=O. The molecule has 0 aromatic heterocycles. The first-order valence-corrected chi connectivity index (χ1v) is 8.14. The molecule has 0 amide bonds. The summed E-state index contributed by atoms with van der Waals surface area (Å²) in [4.78, 5) is 10.2. The van der Waals surface area contributed by atoms with Crippen molar-refractivity contribution < 1.29 is 9.53 Å². The molecule has 0 heterocycles. The standard InChI is InChI=1S/C17H34O2/c1-4-5-6-7-8-9-10-11-13-17(2,3)16-19-15-12-14-18/h14H,4-13,15-16H2,1-3H3. The Morgan fingerprint density at radius 3 is 2.11 bits per heavy atom. The molecule has 0 bridgehead atoms. The highest BCUT2D eigenvalue weighted by molar-refractivity contribution is 5.49. The summed E-state index contributed by atoms with van der Waals surface area (Å²) in [7, 11) is 0. The van der Waals surface area contributed by atoms with Crippen molar-refractivity contribution in [2.45, 2.75) is 85.0 Å². The Bertz CT molecular complexity index is 199. The molecule has 0 atom stereocenters. The van der Waals surface area contributed by atoms with Crippen LogP contribution in [0.25, 0.3) is 0 Å². The summed E-state index contributed by atoms with van der Waals surface area (Å²) in [6.07, 6.45) is 13.6. The van der Waals surface area contributed by atoms with Crippen LogP contribution in [0.15, 0.2) is 0 Å². The van der Waals surface area contributed by atoms with E-state index in [0.717, 1.165) is 12.9 Å². The monoisotopic (exact) mass is 270 g/mol. The van der Waals surface area contributed by atoms with E-state index in [4.69, 9.17) is 4.74 Å². The van der Waals surface area contributed by atoms with E-state index in [9.17, 15) is 4.79 Å². The van der Waals surface area contributed by atoms with Gasteiger partial charge in [-0.3, -0.25) is 0 Å². The first kappa shape index (κ1) is 18.6. The van der Waals surface area contributed by atoms with Crippen LogP contribution in [-0.2, 0) is 9.53 Å². The van der Waals surface area contributed by atoms with Crippen molar-refractivity contribution in [3.8, 4) is 0 Å². The quantitative estimate of drug-likeness (QED) is 0.322. The van der Waals surface area contributed by atoms with Crippen LogP contribution in [0.5, 0.6) is 0 Å². The zero-order valence-electron chi connectivity index (χ0n) is 13.4. The third kappa shape index (κ3) is 13.9. The molecular weight excluding hydrogens is 236 g/mol. The van der Waals surface area contributed by atoms with Gasteiger partial charge in [0.15, 0.2) is 0 Å². The van der Waals surface area contributed by atoms with Crippen LogP contribution in [0.4, 0.5) is 0 Å². The molecular formula is C17H34O2. The third-order valence-electron chi connectivity index (χ3n) is 3.58. The van der Waals surface area contributed by atoms with Crippen molar-refractivity contribution in [2.24, 2.45) is 5.41 Å². The van der Waals surface area contributed by atoms with Gasteiger partial charge in [0.05, 0.1) is 13.2 Å². The van der Waals surface area contributed by atoms with Gasteiger partial charge in [0.1, 0.15) is 6.29 Å². The molecule has 2 nitrogen and oxygen atoms in total. The normalized spacial score (nSPS) is 11.7. The predicted molar refractivity (Wildman–Crippen MR) is 82.5 cm³/mol. The Morgan fingerprint density at radius 1 is 0.947 bits per heavy atom. The van der Waals surface area contributed by atoms with E-state index >= 15 is 0 Å². The predicted octanol–water partition coefficient (Wildman–Crippen LogP) is 5.15. The van der Waals surface area contributed by atoms with Crippen LogP contribution in [0.2, 0.25) is 0 Å². The Kier molecular flexibility index (Phi) is 12.4. The lowest BCUT2D eigenvalue weighted by Crippen LogP contribution is -2.19. The van der Waals surface area contributed by atoms with Gasteiger partial charge >= 0.3 is 0 Å². The van der Waals surface area contributed by atoms with E-state index in [1.165, 1.54) is 57.8 Å². The topological polar surface area (TPSA) is 26.3 Å². The number of hydrogen-bond acceptors (Lipinski definition) is 2. The lowest BCUT2D eigenvalue weighted by atomic mass is 9.87. The molecule has 0 saturated carbocycles. The molecule has 114 valence electrons. The highest BCUT2D eigenvalue weighted by atomic mass is 16.5. The second kappa shape index (κ2) is 12.7. The van der Waals surface area contributed by atoms with Gasteiger partial charge < -0.3 is 9.53 Å². The summed E-state index contributed by atoms with van der Waals surface area (Å²) in [5, 5.41) is 0. The first-order chi connectivity index (χ1) is 9.12. The lowest BCUT2D eigenvalue weighted by molar-refractivity contribution is -0.109. The van der Waals surface area contributed by atoms with Crippen molar-refractivity contribution in [2.75, 3.05) is 13.2 Å². The number of ether oxygens (including phenoxy) is 1. The Hall–Kier alpha value is -0.370. The highest BCUT2D eigenvalue weighted by Crippen LogP contribution is 2.24. The smallest absolute Gasteiger partial charge is 0.122 e. The molecule has 0 aliphatic heterocycles. The van der Waals surface area contributed by atoms with Crippen LogP contribution in [0, 0.1) is 5.41 Å². The zero-order valence-corrected chi connectivity index (χ0v) is 13.4. The van der Waals surface area contributed by atoms with Gasteiger partial charge in [-0.05, 0) is 11.8 Å². The highest BCUT2D eigenvalue weighted by Gasteiger charge is 2.17. The average Bonchev–Trinajstić information content (AvgIpc) is 2.38. The van der Waals surface area contributed by atoms with Gasteiger partial charge in [0.2, 0.25) is 0 Å². The summed E-state index contributed by atoms with van der Waals surface area (Å²) < 4.78 is 5.53. The van der Waals surface area contributed by atoms with Crippen molar-refractivity contribution in [3.05, 3.63) is 0 Å². The van der Waals surface area contributed by atoms with E-state index in [0.29, 0.717) is 13.0 Å². The Morgan fingerprint density at radius 2 is 1.53 bits per heavy atom. The minimum atomic E-state index is 0.255. The maximum atomic E-state index is 10.2. The van der Waals surface area contributed by atoms with Crippen LogP contribution >= 0.6 is 0 Å². The van der Waals surface area contributed by atoms with Gasteiger partial charge in [-0.25, -0.2) is 0 Å². The van der Waals surface area contributed by atoms with E-state index < -0.39 is 0 Å². The molecule has 0 aliphatic rings. The molecule has 0 spiro atoms. The number of hydrogen-bond donors (Lipinski definition) is 0. The fourth-order valence-corrected chi connectivity index (χ4v) is 2.29.